The lowest BCUT2D eigenvalue weighted by atomic mass is 10.1. The highest BCUT2D eigenvalue weighted by Gasteiger charge is 2.07. The fraction of sp³-hybridized carbons (Fsp3) is 0.300. The van der Waals surface area contributed by atoms with Gasteiger partial charge >= 0.3 is 0 Å². The van der Waals surface area contributed by atoms with Crippen molar-refractivity contribution >= 4 is 23.2 Å². The second-order valence-electron chi connectivity index (χ2n) is 5.34. The largest absolute Gasteiger partial charge is 0.493 e. The van der Waals surface area contributed by atoms with Crippen molar-refractivity contribution in [2.75, 3.05) is 33.5 Å². The molecular formula is C20H22Cl2O4. The van der Waals surface area contributed by atoms with E-state index in [4.69, 9.17) is 42.1 Å². The van der Waals surface area contributed by atoms with Gasteiger partial charge in [0, 0.05) is 0 Å². The third-order valence-electron chi connectivity index (χ3n) is 3.49. The van der Waals surface area contributed by atoms with Crippen LogP contribution in [0.5, 0.6) is 17.2 Å². The van der Waals surface area contributed by atoms with Crippen LogP contribution in [0, 0.1) is 0 Å². The molecule has 0 aliphatic rings. The number of ether oxygens (including phenoxy) is 4. The van der Waals surface area contributed by atoms with Gasteiger partial charge in [0.2, 0.25) is 0 Å². The normalized spacial score (nSPS) is 10.4. The molecule has 0 fully saturated rings. The van der Waals surface area contributed by atoms with E-state index in [1.807, 2.05) is 24.3 Å². The summed E-state index contributed by atoms with van der Waals surface area (Å²) in [7, 11) is 1.62. The van der Waals surface area contributed by atoms with E-state index >= 15 is 0 Å². The number of hydrogen-bond donors (Lipinski definition) is 0. The zero-order valence-corrected chi connectivity index (χ0v) is 16.2. The molecule has 2 rings (SSSR count). The summed E-state index contributed by atoms with van der Waals surface area (Å²) in [6.07, 6.45) is 2.64. The van der Waals surface area contributed by atoms with Gasteiger partial charge in [-0.1, -0.05) is 41.4 Å². The van der Waals surface area contributed by atoms with Crippen molar-refractivity contribution in [3.63, 3.8) is 0 Å². The lowest BCUT2D eigenvalue weighted by Crippen LogP contribution is -2.12. The van der Waals surface area contributed by atoms with E-state index in [0.717, 1.165) is 12.0 Å². The van der Waals surface area contributed by atoms with Crippen molar-refractivity contribution in [2.24, 2.45) is 0 Å². The molecule has 0 spiro atoms. The molecule has 0 aliphatic carbocycles. The Morgan fingerprint density at radius 3 is 2.27 bits per heavy atom. The Balaban J connectivity index is 1.68. The minimum absolute atomic E-state index is 0.350. The van der Waals surface area contributed by atoms with E-state index in [1.54, 1.807) is 25.3 Å². The van der Waals surface area contributed by atoms with Gasteiger partial charge in [-0.2, -0.15) is 0 Å². The van der Waals surface area contributed by atoms with Crippen LogP contribution in [0.1, 0.15) is 5.56 Å². The average molecular weight is 397 g/mol. The molecule has 140 valence electrons. The maximum atomic E-state index is 6.03. The van der Waals surface area contributed by atoms with Crippen molar-refractivity contribution in [3.05, 3.63) is 64.7 Å². The van der Waals surface area contributed by atoms with Crippen LogP contribution in [-0.2, 0) is 11.2 Å². The Hall–Kier alpha value is -1.88. The summed E-state index contributed by atoms with van der Waals surface area (Å²) >= 11 is 12.1. The predicted octanol–water partition coefficient (Wildman–Crippen LogP) is 5.20. The van der Waals surface area contributed by atoms with Gasteiger partial charge in [0.15, 0.2) is 17.2 Å². The van der Waals surface area contributed by atoms with Gasteiger partial charge in [-0.15, -0.1) is 6.58 Å². The van der Waals surface area contributed by atoms with Crippen molar-refractivity contribution < 1.29 is 18.9 Å². The summed E-state index contributed by atoms with van der Waals surface area (Å²) in [5.74, 6) is 1.85. The SMILES string of the molecule is C=CCc1ccc(OCCOCCOc2c(Cl)cccc2Cl)c(OC)c1. The molecule has 26 heavy (non-hydrogen) atoms. The predicted molar refractivity (Wildman–Crippen MR) is 105 cm³/mol. The summed E-state index contributed by atoms with van der Waals surface area (Å²) < 4.78 is 22.1. The Morgan fingerprint density at radius 2 is 1.62 bits per heavy atom. The second-order valence-corrected chi connectivity index (χ2v) is 6.15. The smallest absolute Gasteiger partial charge is 0.161 e. The first-order valence-electron chi connectivity index (χ1n) is 8.21. The van der Waals surface area contributed by atoms with Crippen LogP contribution in [0.4, 0.5) is 0 Å². The van der Waals surface area contributed by atoms with E-state index in [-0.39, 0.29) is 0 Å². The molecule has 0 bridgehead atoms. The number of halogens is 2. The van der Waals surface area contributed by atoms with Gasteiger partial charge < -0.3 is 18.9 Å². The first-order valence-corrected chi connectivity index (χ1v) is 8.96. The summed E-state index contributed by atoms with van der Waals surface area (Å²) in [4.78, 5) is 0. The maximum Gasteiger partial charge on any atom is 0.161 e. The molecule has 2 aromatic rings. The molecule has 0 saturated heterocycles. The highest BCUT2D eigenvalue weighted by Crippen LogP contribution is 2.32. The molecule has 0 N–H and O–H groups in total. The maximum absolute atomic E-state index is 6.03. The number of methoxy groups -OCH3 is 1. The van der Waals surface area contributed by atoms with Gasteiger partial charge in [-0.3, -0.25) is 0 Å². The van der Waals surface area contributed by atoms with Crippen molar-refractivity contribution in [1.29, 1.82) is 0 Å². The molecule has 0 saturated carbocycles. The zero-order valence-electron chi connectivity index (χ0n) is 14.7. The van der Waals surface area contributed by atoms with E-state index in [1.165, 1.54) is 0 Å². The molecule has 0 aromatic heterocycles. The Bertz CT molecular complexity index is 699. The summed E-state index contributed by atoms with van der Waals surface area (Å²) in [5.41, 5.74) is 1.12. The lowest BCUT2D eigenvalue weighted by molar-refractivity contribution is 0.0758. The molecule has 0 heterocycles. The number of allylic oxidation sites excluding steroid dienone is 1. The molecule has 6 heteroatoms. The van der Waals surface area contributed by atoms with Gasteiger partial charge in [0.25, 0.3) is 0 Å². The van der Waals surface area contributed by atoms with Crippen LogP contribution in [0.25, 0.3) is 0 Å². The first kappa shape index (κ1) is 20.4. The fourth-order valence-electron chi connectivity index (χ4n) is 2.26. The van der Waals surface area contributed by atoms with Crippen LogP contribution in [0.15, 0.2) is 49.1 Å². The van der Waals surface area contributed by atoms with E-state index in [0.29, 0.717) is 53.7 Å². The molecular weight excluding hydrogens is 375 g/mol. The fourth-order valence-corrected chi connectivity index (χ4v) is 2.77. The molecule has 4 nitrogen and oxygen atoms in total. The van der Waals surface area contributed by atoms with Crippen LogP contribution in [-0.4, -0.2) is 33.5 Å². The highest BCUT2D eigenvalue weighted by molar-refractivity contribution is 6.37. The molecule has 0 atom stereocenters. The lowest BCUT2D eigenvalue weighted by Gasteiger charge is -2.13. The number of hydrogen-bond acceptors (Lipinski definition) is 4. The van der Waals surface area contributed by atoms with Crippen LogP contribution >= 0.6 is 23.2 Å². The van der Waals surface area contributed by atoms with Gasteiger partial charge in [0.1, 0.15) is 13.2 Å². The summed E-state index contributed by atoms with van der Waals surface area (Å²) in [6.45, 7) is 5.32. The third kappa shape index (κ3) is 6.13. The van der Waals surface area contributed by atoms with E-state index in [9.17, 15) is 0 Å². The minimum atomic E-state index is 0.350. The number of benzene rings is 2. The standard InChI is InChI=1S/C20H22Cl2O4/c1-3-5-15-8-9-18(19(14-15)23-2)25-12-10-24-11-13-26-20-16(21)6-4-7-17(20)22/h3-4,6-9,14H,1,5,10-13H2,2H3. The minimum Gasteiger partial charge on any atom is -0.493 e. The van der Waals surface area contributed by atoms with Crippen LogP contribution < -0.4 is 14.2 Å². The third-order valence-corrected chi connectivity index (χ3v) is 4.08. The Kier molecular flexibility index (Phi) is 8.62. The van der Waals surface area contributed by atoms with Gasteiger partial charge in [-0.25, -0.2) is 0 Å². The zero-order chi connectivity index (χ0) is 18.8. The monoisotopic (exact) mass is 396 g/mol. The van der Waals surface area contributed by atoms with Crippen molar-refractivity contribution in [1.82, 2.24) is 0 Å². The summed E-state index contributed by atoms with van der Waals surface area (Å²) in [6, 6.07) is 11.0. The molecule has 0 unspecified atom stereocenters. The molecule has 0 amide bonds. The second kappa shape index (κ2) is 11.0. The van der Waals surface area contributed by atoms with E-state index in [2.05, 4.69) is 6.58 Å². The first-order chi connectivity index (χ1) is 12.7. The van der Waals surface area contributed by atoms with Gasteiger partial charge in [0.05, 0.1) is 30.4 Å². The average Bonchev–Trinajstić information content (AvgIpc) is 2.64. The topological polar surface area (TPSA) is 36.9 Å². The number of para-hydroxylation sites is 1. The molecule has 0 radical (unpaired) electrons. The van der Waals surface area contributed by atoms with Crippen LogP contribution in [0.3, 0.4) is 0 Å². The number of rotatable bonds is 11. The Morgan fingerprint density at radius 1 is 0.923 bits per heavy atom. The van der Waals surface area contributed by atoms with Crippen molar-refractivity contribution in [2.45, 2.75) is 6.42 Å². The van der Waals surface area contributed by atoms with E-state index < -0.39 is 0 Å². The Labute approximate surface area is 164 Å². The summed E-state index contributed by atoms with van der Waals surface area (Å²) in [5, 5.41) is 0.959. The van der Waals surface area contributed by atoms with Crippen molar-refractivity contribution in [3.8, 4) is 17.2 Å². The molecule has 0 aliphatic heterocycles. The quantitative estimate of drug-likeness (QED) is 0.386. The van der Waals surface area contributed by atoms with Gasteiger partial charge in [-0.05, 0) is 36.2 Å². The molecule has 2 aromatic carbocycles. The van der Waals surface area contributed by atoms with Crippen LogP contribution in [0.2, 0.25) is 10.0 Å². The highest BCUT2D eigenvalue weighted by atomic mass is 35.5.